The highest BCUT2D eigenvalue weighted by atomic mass is 16.5. The molecule has 2 heterocycles. The molecule has 140 valence electrons. The fourth-order valence-corrected chi connectivity index (χ4v) is 2.74. The zero-order valence-electron chi connectivity index (χ0n) is 15.3. The molecule has 0 unspecified atom stereocenters. The first-order chi connectivity index (χ1) is 13.1. The maximum Gasteiger partial charge on any atom is 0.251 e. The highest BCUT2D eigenvalue weighted by Gasteiger charge is 2.17. The molecule has 0 saturated heterocycles. The van der Waals surface area contributed by atoms with Crippen LogP contribution in [0.4, 0.5) is 5.82 Å². The van der Waals surface area contributed by atoms with Crippen LogP contribution in [0.3, 0.4) is 0 Å². The molecule has 0 aliphatic carbocycles. The normalized spacial score (nSPS) is 11.9. The molecule has 3 rings (SSSR count). The van der Waals surface area contributed by atoms with E-state index in [1.54, 1.807) is 31.6 Å². The number of nitrogens with two attached hydrogens (primary N) is 1. The Labute approximate surface area is 157 Å². The van der Waals surface area contributed by atoms with Gasteiger partial charge < -0.3 is 20.4 Å². The molecule has 3 aromatic rings. The third-order valence-electron chi connectivity index (χ3n) is 4.11. The number of ether oxygens (including phenoxy) is 1. The van der Waals surface area contributed by atoms with Crippen molar-refractivity contribution in [3.63, 3.8) is 0 Å². The number of carbonyl (C=O) groups excluding carboxylic acids is 1. The minimum atomic E-state index is -0.300. The minimum Gasteiger partial charge on any atom is -0.384 e. The van der Waals surface area contributed by atoms with E-state index in [0.717, 1.165) is 11.3 Å². The topological polar surface area (TPSA) is 108 Å². The molecule has 1 atom stereocenters. The van der Waals surface area contributed by atoms with Crippen molar-refractivity contribution in [1.29, 1.82) is 0 Å². The highest BCUT2D eigenvalue weighted by Crippen LogP contribution is 2.20. The number of hydrogen-bond acceptors (Lipinski definition) is 6. The number of amides is 1. The number of aromatic nitrogens is 4. The van der Waals surface area contributed by atoms with Gasteiger partial charge in [0.1, 0.15) is 12.1 Å². The van der Waals surface area contributed by atoms with E-state index >= 15 is 0 Å². The van der Waals surface area contributed by atoms with Gasteiger partial charge in [0.2, 0.25) is 0 Å². The van der Waals surface area contributed by atoms with Crippen molar-refractivity contribution in [2.24, 2.45) is 0 Å². The van der Waals surface area contributed by atoms with E-state index < -0.39 is 0 Å². The third kappa shape index (κ3) is 4.48. The van der Waals surface area contributed by atoms with Gasteiger partial charge in [-0.2, -0.15) is 0 Å². The third-order valence-corrected chi connectivity index (χ3v) is 4.11. The summed E-state index contributed by atoms with van der Waals surface area (Å²) in [6.45, 7) is 3.03. The van der Waals surface area contributed by atoms with Crippen LogP contribution in [0.15, 0.2) is 48.8 Å². The van der Waals surface area contributed by atoms with Crippen LogP contribution in [0.5, 0.6) is 0 Å². The van der Waals surface area contributed by atoms with Gasteiger partial charge in [0.25, 0.3) is 5.91 Å². The lowest BCUT2D eigenvalue weighted by molar-refractivity contribution is 0.0937. The summed E-state index contributed by atoms with van der Waals surface area (Å²) in [5.74, 6) is 0.912. The van der Waals surface area contributed by atoms with E-state index in [9.17, 15) is 4.79 Å². The Morgan fingerprint density at radius 3 is 2.89 bits per heavy atom. The summed E-state index contributed by atoms with van der Waals surface area (Å²) in [6, 6.07) is 12.4. The summed E-state index contributed by atoms with van der Waals surface area (Å²) >= 11 is 0. The van der Waals surface area contributed by atoms with Crippen LogP contribution in [0, 0.1) is 0 Å². The first kappa shape index (κ1) is 18.5. The molecule has 2 aromatic heterocycles. The Bertz CT molecular complexity index is 924. The van der Waals surface area contributed by atoms with Crippen molar-refractivity contribution in [1.82, 2.24) is 25.1 Å². The number of anilines is 1. The molecule has 1 amide bonds. The van der Waals surface area contributed by atoms with E-state index in [-0.39, 0.29) is 11.9 Å². The van der Waals surface area contributed by atoms with Crippen LogP contribution < -0.4 is 11.1 Å². The Hall–Kier alpha value is -3.26. The van der Waals surface area contributed by atoms with E-state index in [0.29, 0.717) is 30.4 Å². The van der Waals surface area contributed by atoms with Crippen molar-refractivity contribution >= 4 is 11.7 Å². The Morgan fingerprint density at radius 1 is 1.30 bits per heavy atom. The molecule has 0 fully saturated rings. The number of nitrogens with zero attached hydrogens (tertiary/aromatic N) is 4. The second-order valence-electron chi connectivity index (χ2n) is 6.10. The van der Waals surface area contributed by atoms with E-state index in [4.69, 9.17) is 10.5 Å². The largest absolute Gasteiger partial charge is 0.384 e. The molecule has 0 radical (unpaired) electrons. The number of nitrogen functional groups attached to an aromatic ring is 1. The number of carbonyl (C=O) groups is 1. The molecule has 0 saturated carbocycles. The average Bonchev–Trinajstić information content (AvgIpc) is 3.15. The summed E-state index contributed by atoms with van der Waals surface area (Å²) in [5, 5.41) is 11.0. The Kier molecular flexibility index (Phi) is 5.77. The van der Waals surface area contributed by atoms with Crippen LogP contribution in [0.1, 0.15) is 29.1 Å². The van der Waals surface area contributed by atoms with E-state index in [1.165, 1.54) is 0 Å². The molecule has 0 aliphatic rings. The van der Waals surface area contributed by atoms with Gasteiger partial charge in [0.05, 0.1) is 18.3 Å². The molecular weight excluding hydrogens is 344 g/mol. The fraction of sp³-hybridized carbons (Fsp3) is 0.263. The number of benzene rings is 1. The van der Waals surface area contributed by atoms with Gasteiger partial charge in [-0.3, -0.25) is 4.79 Å². The minimum absolute atomic E-state index is 0.199. The van der Waals surface area contributed by atoms with Crippen LogP contribution >= 0.6 is 0 Å². The van der Waals surface area contributed by atoms with Crippen LogP contribution in [-0.4, -0.2) is 39.4 Å². The summed E-state index contributed by atoms with van der Waals surface area (Å²) in [7, 11) is 1.64. The second-order valence-corrected chi connectivity index (χ2v) is 6.10. The van der Waals surface area contributed by atoms with Crippen LogP contribution in [-0.2, 0) is 11.3 Å². The summed E-state index contributed by atoms with van der Waals surface area (Å²) in [5.41, 5.74) is 7.83. The number of pyridine rings is 1. The lowest BCUT2D eigenvalue weighted by atomic mass is 10.1. The average molecular weight is 366 g/mol. The molecule has 27 heavy (non-hydrogen) atoms. The summed E-state index contributed by atoms with van der Waals surface area (Å²) < 4.78 is 6.95. The van der Waals surface area contributed by atoms with Gasteiger partial charge in [0, 0.05) is 24.8 Å². The van der Waals surface area contributed by atoms with Crippen molar-refractivity contribution < 1.29 is 9.53 Å². The zero-order chi connectivity index (χ0) is 19.2. The Morgan fingerprint density at radius 2 is 2.11 bits per heavy atom. The quantitative estimate of drug-likeness (QED) is 0.663. The molecule has 3 N–H and O–H groups in total. The molecule has 8 heteroatoms. The van der Waals surface area contributed by atoms with E-state index in [2.05, 4.69) is 20.5 Å². The smallest absolute Gasteiger partial charge is 0.251 e. The van der Waals surface area contributed by atoms with Crippen molar-refractivity contribution in [2.45, 2.75) is 19.5 Å². The fourth-order valence-electron chi connectivity index (χ4n) is 2.74. The monoisotopic (exact) mass is 366 g/mol. The molecule has 0 spiro atoms. The molecule has 0 aliphatic heterocycles. The number of nitrogens with one attached hydrogen (secondary N) is 1. The second kappa shape index (κ2) is 8.41. The van der Waals surface area contributed by atoms with Crippen molar-refractivity contribution in [3.05, 3.63) is 60.2 Å². The molecule has 8 nitrogen and oxygen atoms in total. The lowest BCUT2D eigenvalue weighted by Crippen LogP contribution is -2.29. The van der Waals surface area contributed by atoms with Gasteiger partial charge in [-0.25, -0.2) is 4.98 Å². The number of methoxy groups -OCH3 is 1. The lowest BCUT2D eigenvalue weighted by Gasteiger charge is -2.15. The van der Waals surface area contributed by atoms with Gasteiger partial charge >= 0.3 is 0 Å². The first-order valence-electron chi connectivity index (χ1n) is 8.59. The highest BCUT2D eigenvalue weighted by molar-refractivity contribution is 5.95. The summed E-state index contributed by atoms with van der Waals surface area (Å²) in [6.07, 6.45) is 1.63. The van der Waals surface area contributed by atoms with Crippen LogP contribution in [0.2, 0.25) is 0 Å². The Balaban J connectivity index is 1.75. The standard InChI is InChI=1S/C19H22N6O2/c1-13(18-24-21-12-25(18)9-10-27-2)22-19(26)15-6-3-5-14(11-15)16-7-4-8-17(20)23-16/h3-8,11-13H,9-10H2,1-2H3,(H2,20,23)(H,22,26)/t13-/m1/s1. The summed E-state index contributed by atoms with van der Waals surface area (Å²) in [4.78, 5) is 17.0. The SMILES string of the molecule is COCCn1cnnc1[C@@H](C)NC(=O)c1cccc(-c2cccc(N)n2)c1. The zero-order valence-corrected chi connectivity index (χ0v) is 15.3. The van der Waals surface area contributed by atoms with Gasteiger partial charge in [-0.1, -0.05) is 18.2 Å². The number of hydrogen-bond donors (Lipinski definition) is 2. The number of rotatable bonds is 7. The van der Waals surface area contributed by atoms with Crippen LogP contribution in [0.25, 0.3) is 11.3 Å². The van der Waals surface area contributed by atoms with E-state index in [1.807, 2.05) is 35.8 Å². The van der Waals surface area contributed by atoms with Crippen molar-refractivity contribution in [3.8, 4) is 11.3 Å². The maximum absolute atomic E-state index is 12.7. The van der Waals surface area contributed by atoms with Gasteiger partial charge in [-0.05, 0) is 31.2 Å². The maximum atomic E-state index is 12.7. The van der Waals surface area contributed by atoms with Gasteiger partial charge in [0.15, 0.2) is 5.82 Å². The molecule has 1 aromatic carbocycles. The molecular formula is C19H22N6O2. The predicted molar refractivity (Wildman–Crippen MR) is 102 cm³/mol. The first-order valence-corrected chi connectivity index (χ1v) is 8.59. The molecule has 0 bridgehead atoms. The van der Waals surface area contributed by atoms with Crippen molar-refractivity contribution in [2.75, 3.05) is 19.5 Å². The predicted octanol–water partition coefficient (Wildman–Crippen LogP) is 2.06. The van der Waals surface area contributed by atoms with Gasteiger partial charge in [-0.15, -0.1) is 10.2 Å².